The first-order valence-electron chi connectivity index (χ1n) is 10.9. The van der Waals surface area contributed by atoms with E-state index in [-0.39, 0.29) is 11.4 Å². The molecule has 32 heavy (non-hydrogen) atoms. The van der Waals surface area contributed by atoms with Crippen molar-refractivity contribution in [2.75, 3.05) is 42.3 Å². The summed E-state index contributed by atoms with van der Waals surface area (Å²) >= 11 is 0. The molecule has 0 amide bonds. The Hall–Kier alpha value is -2.33. The van der Waals surface area contributed by atoms with Crippen molar-refractivity contribution in [1.29, 1.82) is 0 Å². The molecule has 3 heterocycles. The van der Waals surface area contributed by atoms with Gasteiger partial charge in [-0.3, -0.25) is 4.72 Å². The van der Waals surface area contributed by atoms with E-state index < -0.39 is 32.5 Å². The second-order valence-corrected chi connectivity index (χ2v) is 10.2. The molecule has 1 aromatic carbocycles. The Balaban J connectivity index is 1.54. The van der Waals surface area contributed by atoms with Crippen LogP contribution in [0.15, 0.2) is 29.2 Å². The third-order valence-corrected chi connectivity index (χ3v) is 7.60. The van der Waals surface area contributed by atoms with Gasteiger partial charge in [-0.25, -0.2) is 22.2 Å². The van der Waals surface area contributed by atoms with E-state index in [0.29, 0.717) is 24.7 Å². The van der Waals surface area contributed by atoms with Crippen LogP contribution in [0.25, 0.3) is 0 Å². The zero-order valence-corrected chi connectivity index (χ0v) is 18.8. The van der Waals surface area contributed by atoms with Crippen LogP contribution in [0.3, 0.4) is 0 Å². The molecule has 2 fully saturated rings. The number of nitrogens with one attached hydrogen (secondary N) is 1. The monoisotopic (exact) mass is 468 g/mol. The maximum Gasteiger partial charge on any atom is 0.268 e. The van der Waals surface area contributed by atoms with E-state index in [2.05, 4.69) is 9.88 Å². The molecule has 1 N–H and O–H groups in total. The summed E-state index contributed by atoms with van der Waals surface area (Å²) in [5.74, 6) is -3.20. The first kappa shape index (κ1) is 22.8. The number of likely N-dealkylation sites (tertiary alicyclic amines) is 1. The molecule has 0 aliphatic carbocycles. The smallest absolute Gasteiger partial charge is 0.268 e. The fourth-order valence-electron chi connectivity index (χ4n) is 4.62. The molecule has 2 aromatic rings. The predicted molar refractivity (Wildman–Crippen MR) is 117 cm³/mol. The molecule has 0 radical (unpaired) electrons. The van der Waals surface area contributed by atoms with Crippen molar-refractivity contribution in [2.24, 2.45) is 5.92 Å². The number of aromatic nitrogens is 1. The predicted octanol–water partition coefficient (Wildman–Crippen LogP) is 3.92. The highest BCUT2D eigenvalue weighted by Gasteiger charge is 2.32. The molecule has 0 bridgehead atoms. The minimum atomic E-state index is -4.64. The Morgan fingerprint density at radius 1 is 1.12 bits per heavy atom. The summed E-state index contributed by atoms with van der Waals surface area (Å²) in [5.41, 5.74) is 0.432. The lowest BCUT2D eigenvalue weighted by atomic mass is 10.1. The van der Waals surface area contributed by atoms with Gasteiger partial charge >= 0.3 is 0 Å². The Bertz CT molecular complexity index is 1090. The summed E-state index contributed by atoms with van der Waals surface area (Å²) in [7, 11) is -4.64. The lowest BCUT2D eigenvalue weighted by Crippen LogP contribution is -2.35. The third kappa shape index (κ3) is 4.85. The average Bonchev–Trinajstić information content (AvgIpc) is 3.19. The van der Waals surface area contributed by atoms with Gasteiger partial charge in [0.05, 0.1) is 0 Å². The molecule has 1 atom stereocenters. The minimum Gasteiger partial charge on any atom is -0.371 e. The second-order valence-electron chi connectivity index (χ2n) is 8.56. The number of pyridine rings is 1. The molecular formula is C22H27F3N4O2S. The van der Waals surface area contributed by atoms with Crippen LogP contribution in [0.5, 0.6) is 0 Å². The van der Waals surface area contributed by atoms with E-state index in [1.54, 1.807) is 0 Å². The van der Waals surface area contributed by atoms with E-state index in [1.807, 2.05) is 9.62 Å². The highest BCUT2D eigenvalue weighted by molar-refractivity contribution is 7.92. The van der Waals surface area contributed by atoms with Crippen LogP contribution in [0.2, 0.25) is 0 Å². The van der Waals surface area contributed by atoms with E-state index >= 15 is 4.39 Å². The first-order chi connectivity index (χ1) is 15.2. The molecule has 2 saturated heterocycles. The molecular weight excluding hydrogens is 441 g/mol. The summed E-state index contributed by atoms with van der Waals surface area (Å²) in [6.45, 7) is 5.94. The highest BCUT2D eigenvalue weighted by Crippen LogP contribution is 2.34. The molecule has 2 aliphatic rings. The number of halogens is 3. The quantitative estimate of drug-likeness (QED) is 0.651. The molecule has 2 aliphatic heterocycles. The van der Waals surface area contributed by atoms with Crippen LogP contribution < -0.4 is 9.62 Å². The summed E-state index contributed by atoms with van der Waals surface area (Å²) in [4.78, 5) is 6.68. The van der Waals surface area contributed by atoms with Crippen molar-refractivity contribution in [3.8, 4) is 0 Å². The van der Waals surface area contributed by atoms with Gasteiger partial charge in [0.2, 0.25) is 5.95 Å². The zero-order valence-electron chi connectivity index (χ0n) is 18.0. The zero-order chi connectivity index (χ0) is 22.9. The number of nitrogens with zero attached hydrogens (tertiary/aromatic N) is 3. The van der Waals surface area contributed by atoms with Crippen molar-refractivity contribution in [3.63, 3.8) is 0 Å². The lowest BCUT2D eigenvalue weighted by molar-refractivity contribution is 0.201. The third-order valence-electron chi connectivity index (χ3n) is 6.21. The average molecular weight is 469 g/mol. The van der Waals surface area contributed by atoms with Gasteiger partial charge in [0.25, 0.3) is 10.0 Å². The van der Waals surface area contributed by atoms with Crippen molar-refractivity contribution >= 4 is 21.5 Å². The fraction of sp³-hybridized carbons (Fsp3) is 0.500. The highest BCUT2D eigenvalue weighted by atomic mass is 32.2. The molecule has 174 valence electrons. The van der Waals surface area contributed by atoms with Gasteiger partial charge in [0, 0.05) is 30.9 Å². The molecule has 6 nitrogen and oxygen atoms in total. The van der Waals surface area contributed by atoms with Gasteiger partial charge in [-0.05, 0) is 63.4 Å². The van der Waals surface area contributed by atoms with E-state index in [1.165, 1.54) is 38.3 Å². The molecule has 0 saturated carbocycles. The Kier molecular flexibility index (Phi) is 6.62. The number of sulfonamides is 1. The van der Waals surface area contributed by atoms with Crippen molar-refractivity contribution < 1.29 is 21.6 Å². The van der Waals surface area contributed by atoms with Crippen LogP contribution in [-0.4, -0.2) is 51.0 Å². The minimum absolute atomic E-state index is 0.0672. The normalized spacial score (nSPS) is 20.0. The maximum atomic E-state index is 15.1. The van der Waals surface area contributed by atoms with Gasteiger partial charge < -0.3 is 9.80 Å². The van der Waals surface area contributed by atoms with E-state index in [4.69, 9.17) is 0 Å². The largest absolute Gasteiger partial charge is 0.371 e. The molecule has 4 rings (SSSR count). The number of hydrogen-bond donors (Lipinski definition) is 1. The molecule has 10 heteroatoms. The van der Waals surface area contributed by atoms with Crippen LogP contribution in [-0.2, 0) is 10.0 Å². The van der Waals surface area contributed by atoms with Gasteiger partial charge in [-0.2, -0.15) is 4.39 Å². The summed E-state index contributed by atoms with van der Waals surface area (Å²) in [6.07, 6.45) is 4.61. The maximum absolute atomic E-state index is 15.1. The number of hydrogen-bond acceptors (Lipinski definition) is 5. The summed E-state index contributed by atoms with van der Waals surface area (Å²) < 4.78 is 70.5. The van der Waals surface area contributed by atoms with Crippen LogP contribution in [0.1, 0.15) is 31.2 Å². The number of anilines is 2. The van der Waals surface area contributed by atoms with Gasteiger partial charge in [0.15, 0.2) is 10.7 Å². The van der Waals surface area contributed by atoms with Crippen LogP contribution in [0, 0.1) is 30.4 Å². The van der Waals surface area contributed by atoms with Crippen molar-refractivity contribution in [3.05, 3.63) is 47.4 Å². The van der Waals surface area contributed by atoms with Crippen LogP contribution in [0.4, 0.5) is 24.7 Å². The number of rotatable bonds is 6. The second kappa shape index (κ2) is 9.27. The lowest BCUT2D eigenvalue weighted by Gasteiger charge is -2.29. The van der Waals surface area contributed by atoms with Crippen molar-refractivity contribution in [2.45, 2.75) is 37.5 Å². The van der Waals surface area contributed by atoms with E-state index in [9.17, 15) is 17.2 Å². The molecule has 1 aromatic heterocycles. The molecule has 1 unspecified atom stereocenters. The Morgan fingerprint density at radius 2 is 1.88 bits per heavy atom. The van der Waals surface area contributed by atoms with E-state index in [0.717, 1.165) is 38.2 Å². The van der Waals surface area contributed by atoms with Gasteiger partial charge in [-0.15, -0.1) is 0 Å². The summed E-state index contributed by atoms with van der Waals surface area (Å²) in [5, 5.41) is 0. The number of benzene rings is 1. The molecule has 0 spiro atoms. The Labute approximate surface area is 186 Å². The fourth-order valence-corrected chi connectivity index (χ4v) is 5.81. The SMILES string of the molecule is Cc1c(N2CCC(CN3CCCCC3)C2)cc(F)c(S(=O)(=O)Nc2cccc(F)n2)c1F. The van der Waals surface area contributed by atoms with Gasteiger partial charge in [0.1, 0.15) is 11.6 Å². The summed E-state index contributed by atoms with van der Waals surface area (Å²) in [6, 6.07) is 4.56. The standard InChI is InChI=1S/C22H27F3N4O2S/c1-15-18(29-11-8-16(14-29)13-28-9-3-2-4-10-28)12-17(23)22(21(15)25)32(30,31)27-20-7-5-6-19(24)26-20/h5-7,12,16H,2-4,8-11,13-14H2,1H3,(H,26,27). The Morgan fingerprint density at radius 3 is 2.59 bits per heavy atom. The van der Waals surface area contributed by atoms with Gasteiger partial charge in [-0.1, -0.05) is 12.5 Å². The first-order valence-corrected chi connectivity index (χ1v) is 12.3. The van der Waals surface area contributed by atoms with Crippen molar-refractivity contribution in [1.82, 2.24) is 9.88 Å². The van der Waals surface area contributed by atoms with Crippen LogP contribution >= 0.6 is 0 Å². The topological polar surface area (TPSA) is 65.5 Å². The number of piperidine rings is 1.